The molecule has 0 aromatic heterocycles. The van der Waals surface area contributed by atoms with Gasteiger partial charge in [0.1, 0.15) is 0 Å². The van der Waals surface area contributed by atoms with Crippen molar-refractivity contribution in [3.8, 4) is 6.07 Å². The van der Waals surface area contributed by atoms with Gasteiger partial charge in [0.25, 0.3) is 0 Å². The van der Waals surface area contributed by atoms with Gasteiger partial charge in [0.05, 0.1) is 12.0 Å². The fraction of sp³-hybridized carbons (Fsp3) is 0.125. The van der Waals surface area contributed by atoms with Gasteiger partial charge < -0.3 is 0 Å². The average molecular weight is 271 g/mol. The maximum Gasteiger partial charge on any atom is 0.164 e. The molecule has 2 rings (SSSR count). The molecule has 20 heavy (non-hydrogen) atoms. The maximum atomic E-state index is 13.1. The van der Waals surface area contributed by atoms with Crippen LogP contribution < -0.4 is 0 Å². The van der Waals surface area contributed by atoms with Crippen molar-refractivity contribution >= 4 is 5.78 Å². The first kappa shape index (κ1) is 13.9. The standard InChI is InChI=1S/C16H11F2NO/c17-14-7-6-12(8-15(14)18)16(20)9-13(10-19)11-4-2-1-3-5-11/h1-8,13H,9H2. The third-order valence-corrected chi connectivity index (χ3v) is 2.99. The number of carbonyl (C=O) groups is 1. The summed E-state index contributed by atoms with van der Waals surface area (Å²) in [4.78, 5) is 12.0. The predicted molar refractivity (Wildman–Crippen MR) is 70.1 cm³/mol. The Labute approximate surface area is 115 Å². The van der Waals surface area contributed by atoms with E-state index < -0.39 is 17.6 Å². The molecule has 100 valence electrons. The second-order valence-corrected chi connectivity index (χ2v) is 4.35. The van der Waals surface area contributed by atoms with E-state index in [0.717, 1.165) is 17.7 Å². The molecule has 4 heteroatoms. The number of nitrogens with zero attached hydrogens (tertiary/aromatic N) is 1. The number of Topliss-reactive ketones (excluding diaryl/α,β-unsaturated/α-hetero) is 1. The highest BCUT2D eigenvalue weighted by Crippen LogP contribution is 2.21. The van der Waals surface area contributed by atoms with Crippen molar-refractivity contribution < 1.29 is 13.6 Å². The first-order valence-corrected chi connectivity index (χ1v) is 6.04. The molecular formula is C16H11F2NO. The summed E-state index contributed by atoms with van der Waals surface area (Å²) >= 11 is 0. The predicted octanol–water partition coefficient (Wildman–Crippen LogP) is 3.84. The SMILES string of the molecule is N#CC(CC(=O)c1ccc(F)c(F)c1)c1ccccc1. The summed E-state index contributed by atoms with van der Waals surface area (Å²) in [5.74, 6) is -3.05. The van der Waals surface area contributed by atoms with Gasteiger partial charge in [0.15, 0.2) is 17.4 Å². The summed E-state index contributed by atoms with van der Waals surface area (Å²) in [7, 11) is 0. The van der Waals surface area contributed by atoms with Crippen LogP contribution >= 0.6 is 0 Å². The topological polar surface area (TPSA) is 40.9 Å². The van der Waals surface area contributed by atoms with Crippen molar-refractivity contribution in [1.82, 2.24) is 0 Å². The second-order valence-electron chi connectivity index (χ2n) is 4.35. The van der Waals surface area contributed by atoms with Crippen LogP contribution in [0.3, 0.4) is 0 Å². The van der Waals surface area contributed by atoms with Gasteiger partial charge in [-0.05, 0) is 23.8 Å². The molecule has 2 aromatic rings. The van der Waals surface area contributed by atoms with Gasteiger partial charge in [-0.1, -0.05) is 30.3 Å². The summed E-state index contributed by atoms with van der Waals surface area (Å²) in [6.07, 6.45) is -0.0639. The third-order valence-electron chi connectivity index (χ3n) is 2.99. The number of ketones is 1. The van der Waals surface area contributed by atoms with Crippen LogP contribution in [0.5, 0.6) is 0 Å². The fourth-order valence-corrected chi connectivity index (χ4v) is 1.90. The van der Waals surface area contributed by atoms with E-state index in [1.165, 1.54) is 6.07 Å². The molecule has 0 spiro atoms. The molecule has 0 aliphatic heterocycles. The smallest absolute Gasteiger partial charge is 0.164 e. The number of halogens is 2. The van der Waals surface area contributed by atoms with Gasteiger partial charge in [-0.3, -0.25) is 4.79 Å². The zero-order valence-corrected chi connectivity index (χ0v) is 10.5. The van der Waals surface area contributed by atoms with Crippen LogP contribution in [0.2, 0.25) is 0 Å². The Morgan fingerprint density at radius 1 is 1.10 bits per heavy atom. The lowest BCUT2D eigenvalue weighted by Gasteiger charge is -2.08. The zero-order chi connectivity index (χ0) is 14.5. The van der Waals surface area contributed by atoms with E-state index in [4.69, 9.17) is 5.26 Å². The molecule has 0 fully saturated rings. The second kappa shape index (κ2) is 6.07. The normalized spacial score (nSPS) is 11.7. The molecular weight excluding hydrogens is 260 g/mol. The van der Waals surface area contributed by atoms with E-state index in [1.54, 1.807) is 24.3 Å². The van der Waals surface area contributed by atoms with Gasteiger partial charge in [-0.2, -0.15) is 5.26 Å². The van der Waals surface area contributed by atoms with E-state index in [9.17, 15) is 13.6 Å². The Hall–Kier alpha value is -2.54. The summed E-state index contributed by atoms with van der Waals surface area (Å²) in [6.45, 7) is 0. The minimum absolute atomic E-state index is 0.0639. The fourth-order valence-electron chi connectivity index (χ4n) is 1.90. The molecule has 1 unspecified atom stereocenters. The molecule has 2 nitrogen and oxygen atoms in total. The average Bonchev–Trinajstić information content (AvgIpc) is 2.48. The van der Waals surface area contributed by atoms with Crippen LogP contribution in [0.4, 0.5) is 8.78 Å². The van der Waals surface area contributed by atoms with E-state index >= 15 is 0 Å². The lowest BCUT2D eigenvalue weighted by atomic mass is 9.93. The molecule has 0 bridgehead atoms. The van der Waals surface area contributed by atoms with Crippen molar-refractivity contribution in [1.29, 1.82) is 5.26 Å². The molecule has 0 amide bonds. The molecule has 1 atom stereocenters. The van der Waals surface area contributed by atoms with E-state index in [1.807, 2.05) is 6.07 Å². The number of benzene rings is 2. The summed E-state index contributed by atoms with van der Waals surface area (Å²) in [5.41, 5.74) is 0.797. The monoisotopic (exact) mass is 271 g/mol. The van der Waals surface area contributed by atoms with Gasteiger partial charge in [0, 0.05) is 12.0 Å². The van der Waals surface area contributed by atoms with Crippen LogP contribution in [0.1, 0.15) is 28.3 Å². The lowest BCUT2D eigenvalue weighted by molar-refractivity contribution is 0.0978. The molecule has 0 radical (unpaired) electrons. The van der Waals surface area contributed by atoms with Crippen LogP contribution in [-0.4, -0.2) is 5.78 Å². The Kier molecular flexibility index (Phi) is 4.21. The van der Waals surface area contributed by atoms with Crippen LogP contribution in [-0.2, 0) is 0 Å². The highest BCUT2D eigenvalue weighted by atomic mass is 19.2. The molecule has 0 heterocycles. The van der Waals surface area contributed by atoms with E-state index in [2.05, 4.69) is 6.07 Å². The number of hydrogen-bond donors (Lipinski definition) is 0. The molecule has 0 aliphatic carbocycles. The Morgan fingerprint density at radius 3 is 2.40 bits per heavy atom. The third kappa shape index (κ3) is 3.07. The first-order chi connectivity index (χ1) is 9.61. The molecule has 0 N–H and O–H groups in total. The van der Waals surface area contributed by atoms with Gasteiger partial charge in [0.2, 0.25) is 0 Å². The minimum Gasteiger partial charge on any atom is -0.294 e. The summed E-state index contributed by atoms with van der Waals surface area (Å²) < 4.78 is 25.9. The van der Waals surface area contributed by atoms with E-state index in [0.29, 0.717) is 0 Å². The van der Waals surface area contributed by atoms with Crippen molar-refractivity contribution in [3.05, 3.63) is 71.3 Å². The first-order valence-electron chi connectivity index (χ1n) is 6.04. The van der Waals surface area contributed by atoms with Crippen molar-refractivity contribution in [2.75, 3.05) is 0 Å². The Bertz CT molecular complexity index is 662. The number of carbonyl (C=O) groups excluding carboxylic acids is 1. The summed E-state index contributed by atoms with van der Waals surface area (Å²) in [6, 6.07) is 13.9. The Balaban J connectivity index is 2.18. The number of nitriles is 1. The van der Waals surface area contributed by atoms with Crippen LogP contribution in [0.15, 0.2) is 48.5 Å². The quantitative estimate of drug-likeness (QED) is 0.792. The van der Waals surface area contributed by atoms with Crippen LogP contribution in [0.25, 0.3) is 0 Å². The molecule has 2 aromatic carbocycles. The maximum absolute atomic E-state index is 13.1. The van der Waals surface area contributed by atoms with E-state index in [-0.39, 0.29) is 17.8 Å². The Morgan fingerprint density at radius 2 is 1.80 bits per heavy atom. The molecule has 0 saturated heterocycles. The minimum atomic E-state index is -1.07. The van der Waals surface area contributed by atoms with Gasteiger partial charge in [-0.15, -0.1) is 0 Å². The van der Waals surface area contributed by atoms with Crippen molar-refractivity contribution in [2.45, 2.75) is 12.3 Å². The largest absolute Gasteiger partial charge is 0.294 e. The van der Waals surface area contributed by atoms with Crippen LogP contribution in [0, 0.1) is 23.0 Å². The van der Waals surface area contributed by atoms with Gasteiger partial charge in [-0.25, -0.2) is 8.78 Å². The number of hydrogen-bond acceptors (Lipinski definition) is 2. The van der Waals surface area contributed by atoms with Gasteiger partial charge >= 0.3 is 0 Å². The van der Waals surface area contributed by atoms with Crippen molar-refractivity contribution in [3.63, 3.8) is 0 Å². The summed E-state index contributed by atoms with van der Waals surface area (Å²) in [5, 5.41) is 9.14. The number of rotatable bonds is 4. The molecule has 0 aliphatic rings. The highest BCUT2D eigenvalue weighted by Gasteiger charge is 2.17. The highest BCUT2D eigenvalue weighted by molar-refractivity contribution is 5.96. The molecule has 0 saturated carbocycles. The van der Waals surface area contributed by atoms with Crippen molar-refractivity contribution in [2.24, 2.45) is 0 Å². The lowest BCUT2D eigenvalue weighted by Crippen LogP contribution is -2.07. The zero-order valence-electron chi connectivity index (χ0n) is 10.5.